The van der Waals surface area contributed by atoms with E-state index in [1.165, 1.54) is 6.42 Å². The highest BCUT2D eigenvalue weighted by Gasteiger charge is 2.46. The van der Waals surface area contributed by atoms with Crippen molar-refractivity contribution < 1.29 is 4.74 Å². The molecule has 0 aromatic rings. The summed E-state index contributed by atoms with van der Waals surface area (Å²) in [7, 11) is 0. The van der Waals surface area contributed by atoms with Crippen LogP contribution in [0.1, 0.15) is 41.0 Å². The van der Waals surface area contributed by atoms with E-state index in [1.807, 2.05) is 0 Å². The molecule has 2 aliphatic heterocycles. The van der Waals surface area contributed by atoms with E-state index in [-0.39, 0.29) is 5.54 Å². The summed E-state index contributed by atoms with van der Waals surface area (Å²) >= 11 is 0. The number of ether oxygens (including phenoxy) is 1. The van der Waals surface area contributed by atoms with Gasteiger partial charge in [-0.3, -0.25) is 4.90 Å². The highest BCUT2D eigenvalue weighted by atomic mass is 16.5. The SMILES string of the molecule is CC1CN(C2(C)CCOC2C)C(C(C)C)CN1. The van der Waals surface area contributed by atoms with E-state index >= 15 is 0 Å². The average Bonchev–Trinajstić information content (AvgIpc) is 2.60. The van der Waals surface area contributed by atoms with Crippen molar-refractivity contribution in [1.29, 1.82) is 0 Å². The first-order valence-corrected chi connectivity index (χ1v) is 7.07. The van der Waals surface area contributed by atoms with Crippen molar-refractivity contribution in [3.63, 3.8) is 0 Å². The molecule has 17 heavy (non-hydrogen) atoms. The molecule has 100 valence electrons. The van der Waals surface area contributed by atoms with Crippen LogP contribution >= 0.6 is 0 Å². The Morgan fingerprint density at radius 1 is 1.35 bits per heavy atom. The standard InChI is InChI=1S/C14H28N2O/c1-10(2)13-8-15-11(3)9-16(13)14(5)6-7-17-12(14)4/h10-13,15H,6-9H2,1-5H3. The second-order valence-corrected chi connectivity index (χ2v) is 6.39. The van der Waals surface area contributed by atoms with Crippen molar-refractivity contribution in [2.24, 2.45) is 5.92 Å². The van der Waals surface area contributed by atoms with Crippen LogP contribution in [0, 0.1) is 5.92 Å². The Bertz CT molecular complexity index is 269. The van der Waals surface area contributed by atoms with Gasteiger partial charge in [-0.25, -0.2) is 0 Å². The van der Waals surface area contributed by atoms with Crippen LogP contribution in [-0.4, -0.2) is 48.3 Å². The van der Waals surface area contributed by atoms with Crippen molar-refractivity contribution in [2.45, 2.75) is 64.8 Å². The minimum atomic E-state index is 0.227. The smallest absolute Gasteiger partial charge is 0.0728 e. The molecule has 2 fully saturated rings. The minimum absolute atomic E-state index is 0.227. The Morgan fingerprint density at radius 2 is 2.06 bits per heavy atom. The molecule has 4 unspecified atom stereocenters. The van der Waals surface area contributed by atoms with Gasteiger partial charge in [0.25, 0.3) is 0 Å². The molecule has 0 spiro atoms. The maximum atomic E-state index is 5.82. The first-order chi connectivity index (χ1) is 7.95. The topological polar surface area (TPSA) is 24.5 Å². The molecule has 2 saturated heterocycles. The maximum Gasteiger partial charge on any atom is 0.0728 e. The molecular formula is C14H28N2O. The van der Waals surface area contributed by atoms with Crippen LogP contribution in [0.5, 0.6) is 0 Å². The zero-order valence-electron chi connectivity index (χ0n) is 12.0. The lowest BCUT2D eigenvalue weighted by molar-refractivity contribution is -0.0355. The van der Waals surface area contributed by atoms with Crippen molar-refractivity contribution >= 4 is 0 Å². The molecule has 0 aromatic heterocycles. The molecule has 4 atom stereocenters. The monoisotopic (exact) mass is 240 g/mol. The lowest BCUT2D eigenvalue weighted by atomic mass is 9.86. The fourth-order valence-corrected chi connectivity index (χ4v) is 3.31. The quantitative estimate of drug-likeness (QED) is 0.797. The molecule has 0 aromatic carbocycles. The summed E-state index contributed by atoms with van der Waals surface area (Å²) in [4.78, 5) is 2.72. The Balaban J connectivity index is 2.19. The van der Waals surface area contributed by atoms with E-state index in [1.54, 1.807) is 0 Å². The summed E-state index contributed by atoms with van der Waals surface area (Å²) in [5.74, 6) is 0.694. The first kappa shape index (κ1) is 13.3. The normalized spacial score (nSPS) is 44.5. The van der Waals surface area contributed by atoms with Gasteiger partial charge in [-0.2, -0.15) is 0 Å². The molecule has 2 rings (SSSR count). The third-order valence-electron chi connectivity index (χ3n) is 4.82. The highest BCUT2D eigenvalue weighted by molar-refractivity contribution is 5.02. The number of hydrogen-bond donors (Lipinski definition) is 1. The number of hydrogen-bond acceptors (Lipinski definition) is 3. The molecular weight excluding hydrogens is 212 g/mol. The van der Waals surface area contributed by atoms with Gasteiger partial charge in [-0.1, -0.05) is 13.8 Å². The van der Waals surface area contributed by atoms with Gasteiger partial charge in [0.1, 0.15) is 0 Å². The van der Waals surface area contributed by atoms with Crippen molar-refractivity contribution in [2.75, 3.05) is 19.7 Å². The molecule has 1 N–H and O–H groups in total. The Morgan fingerprint density at radius 3 is 2.59 bits per heavy atom. The summed E-state index contributed by atoms with van der Waals surface area (Å²) in [6.07, 6.45) is 1.53. The van der Waals surface area contributed by atoms with E-state index in [0.29, 0.717) is 24.1 Å². The fourth-order valence-electron chi connectivity index (χ4n) is 3.31. The third-order valence-corrected chi connectivity index (χ3v) is 4.82. The van der Waals surface area contributed by atoms with Crippen LogP contribution in [0.15, 0.2) is 0 Å². The lowest BCUT2D eigenvalue weighted by Crippen LogP contribution is -2.66. The van der Waals surface area contributed by atoms with E-state index in [0.717, 1.165) is 19.7 Å². The molecule has 0 amide bonds. The fraction of sp³-hybridized carbons (Fsp3) is 1.00. The van der Waals surface area contributed by atoms with E-state index in [2.05, 4.69) is 44.8 Å². The summed E-state index contributed by atoms with van der Waals surface area (Å²) in [6, 6.07) is 1.23. The average molecular weight is 240 g/mol. The molecule has 0 saturated carbocycles. The van der Waals surface area contributed by atoms with Gasteiger partial charge in [-0.15, -0.1) is 0 Å². The second kappa shape index (κ2) is 4.87. The van der Waals surface area contributed by atoms with Gasteiger partial charge in [0.2, 0.25) is 0 Å². The van der Waals surface area contributed by atoms with Crippen LogP contribution in [0.4, 0.5) is 0 Å². The number of nitrogens with one attached hydrogen (secondary N) is 1. The molecule has 3 nitrogen and oxygen atoms in total. The van der Waals surface area contributed by atoms with Gasteiger partial charge in [0.05, 0.1) is 6.10 Å². The molecule has 0 radical (unpaired) electrons. The lowest BCUT2D eigenvalue weighted by Gasteiger charge is -2.51. The Kier molecular flexibility index (Phi) is 3.81. The van der Waals surface area contributed by atoms with Crippen molar-refractivity contribution in [3.05, 3.63) is 0 Å². The second-order valence-electron chi connectivity index (χ2n) is 6.39. The van der Waals surface area contributed by atoms with Crippen LogP contribution < -0.4 is 5.32 Å². The van der Waals surface area contributed by atoms with Gasteiger partial charge in [-0.05, 0) is 33.1 Å². The highest BCUT2D eigenvalue weighted by Crippen LogP contribution is 2.35. The Labute approximate surface area is 106 Å². The number of rotatable bonds is 2. The molecule has 2 aliphatic rings. The third kappa shape index (κ3) is 2.38. The van der Waals surface area contributed by atoms with Crippen molar-refractivity contribution in [3.8, 4) is 0 Å². The van der Waals surface area contributed by atoms with Crippen molar-refractivity contribution in [1.82, 2.24) is 10.2 Å². The predicted octanol–water partition coefficient (Wildman–Crippen LogP) is 1.87. The van der Waals surface area contributed by atoms with Crippen LogP contribution in [0.25, 0.3) is 0 Å². The molecule has 0 bridgehead atoms. The largest absolute Gasteiger partial charge is 0.377 e. The molecule has 2 heterocycles. The number of nitrogens with zero attached hydrogens (tertiary/aromatic N) is 1. The van der Waals surface area contributed by atoms with E-state index in [9.17, 15) is 0 Å². The zero-order valence-corrected chi connectivity index (χ0v) is 12.0. The summed E-state index contributed by atoms with van der Waals surface area (Å²) in [5.41, 5.74) is 0.227. The van der Waals surface area contributed by atoms with Crippen LogP contribution in [0.3, 0.4) is 0 Å². The van der Waals surface area contributed by atoms with Crippen LogP contribution in [0.2, 0.25) is 0 Å². The maximum absolute atomic E-state index is 5.82. The Hall–Kier alpha value is -0.120. The van der Waals surface area contributed by atoms with Gasteiger partial charge >= 0.3 is 0 Å². The van der Waals surface area contributed by atoms with E-state index < -0.39 is 0 Å². The van der Waals surface area contributed by atoms with E-state index in [4.69, 9.17) is 4.74 Å². The summed E-state index contributed by atoms with van der Waals surface area (Å²) in [5, 5.41) is 3.62. The summed E-state index contributed by atoms with van der Waals surface area (Å²) < 4.78 is 5.82. The van der Waals surface area contributed by atoms with Crippen LogP contribution in [-0.2, 0) is 4.74 Å². The first-order valence-electron chi connectivity index (χ1n) is 7.07. The van der Waals surface area contributed by atoms with Gasteiger partial charge in [0, 0.05) is 37.3 Å². The van der Waals surface area contributed by atoms with Gasteiger partial charge < -0.3 is 10.1 Å². The molecule has 3 heteroatoms. The number of piperazine rings is 1. The van der Waals surface area contributed by atoms with Gasteiger partial charge in [0.15, 0.2) is 0 Å². The molecule has 0 aliphatic carbocycles. The minimum Gasteiger partial charge on any atom is -0.377 e. The zero-order chi connectivity index (χ0) is 12.6. The summed E-state index contributed by atoms with van der Waals surface area (Å²) in [6.45, 7) is 14.7. The predicted molar refractivity (Wildman–Crippen MR) is 71.2 cm³/mol.